The molecule has 0 amide bonds. The Kier molecular flexibility index (Phi) is 4.58. The minimum Gasteiger partial charge on any atom is -0.497 e. The van der Waals surface area contributed by atoms with Crippen molar-refractivity contribution in [3.05, 3.63) is 53.2 Å². The van der Waals surface area contributed by atoms with E-state index in [2.05, 4.69) is 23.3 Å². The van der Waals surface area contributed by atoms with Gasteiger partial charge in [0, 0.05) is 11.8 Å². The van der Waals surface area contributed by atoms with Crippen LogP contribution in [-0.4, -0.2) is 18.6 Å². The molecule has 1 aromatic heterocycles. The smallest absolute Gasteiger partial charge is 0.128 e. The molecule has 0 bridgehead atoms. The summed E-state index contributed by atoms with van der Waals surface area (Å²) < 4.78 is 5.20. The molecule has 1 atom stereocenters. The van der Waals surface area contributed by atoms with E-state index in [0.717, 1.165) is 29.0 Å². The third kappa shape index (κ3) is 3.08. The van der Waals surface area contributed by atoms with Gasteiger partial charge in [0.25, 0.3) is 0 Å². The summed E-state index contributed by atoms with van der Waals surface area (Å²) in [6.45, 7) is 4.95. The first-order chi connectivity index (χ1) is 9.65. The Hall–Kier alpha value is -2.07. The lowest BCUT2D eigenvalue weighted by atomic mass is 9.98. The van der Waals surface area contributed by atoms with Crippen molar-refractivity contribution in [1.82, 2.24) is 10.3 Å². The maximum absolute atomic E-state index is 6.04. The van der Waals surface area contributed by atoms with Crippen molar-refractivity contribution in [3.8, 4) is 5.75 Å². The molecule has 1 aromatic carbocycles. The summed E-state index contributed by atoms with van der Waals surface area (Å²) >= 11 is 0. The largest absolute Gasteiger partial charge is 0.497 e. The fourth-order valence-corrected chi connectivity index (χ4v) is 2.24. The molecule has 3 N–H and O–H groups in total. The van der Waals surface area contributed by atoms with Crippen molar-refractivity contribution in [2.45, 2.75) is 19.9 Å². The zero-order valence-corrected chi connectivity index (χ0v) is 12.2. The van der Waals surface area contributed by atoms with Gasteiger partial charge >= 0.3 is 0 Å². The molecule has 4 nitrogen and oxygen atoms in total. The van der Waals surface area contributed by atoms with Gasteiger partial charge in [-0.1, -0.05) is 19.1 Å². The number of aryl methyl sites for hydroxylation is 1. The molecule has 0 aliphatic carbocycles. The molecule has 0 saturated heterocycles. The summed E-state index contributed by atoms with van der Waals surface area (Å²) in [6.07, 6.45) is 1.79. The molecular weight excluding hydrogens is 250 g/mol. The molecule has 0 radical (unpaired) electrons. The molecule has 20 heavy (non-hydrogen) atoms. The molecule has 1 heterocycles. The third-order valence-electron chi connectivity index (χ3n) is 3.25. The zero-order chi connectivity index (χ0) is 14.5. The maximum Gasteiger partial charge on any atom is 0.128 e. The van der Waals surface area contributed by atoms with Gasteiger partial charge in [0.1, 0.15) is 11.6 Å². The van der Waals surface area contributed by atoms with E-state index >= 15 is 0 Å². The number of nitrogens with one attached hydrogen (secondary N) is 1. The summed E-state index contributed by atoms with van der Waals surface area (Å²) in [5.41, 5.74) is 9.30. The number of rotatable bonds is 5. The van der Waals surface area contributed by atoms with Gasteiger partial charge in [-0.25, -0.2) is 4.98 Å². The van der Waals surface area contributed by atoms with Crippen molar-refractivity contribution >= 4 is 5.82 Å². The molecule has 0 aliphatic heterocycles. The minimum atomic E-state index is 0.0401. The number of nitrogens with two attached hydrogens (primary N) is 1. The lowest BCUT2D eigenvalue weighted by molar-refractivity contribution is 0.414. The van der Waals surface area contributed by atoms with Crippen LogP contribution in [0.25, 0.3) is 0 Å². The summed E-state index contributed by atoms with van der Waals surface area (Å²) in [6, 6.07) is 10.1. The van der Waals surface area contributed by atoms with Gasteiger partial charge in [0.05, 0.1) is 13.2 Å². The Morgan fingerprint density at radius 2 is 2.00 bits per heavy atom. The Morgan fingerprint density at radius 3 is 2.60 bits per heavy atom. The van der Waals surface area contributed by atoms with Gasteiger partial charge in [-0.3, -0.25) is 0 Å². The van der Waals surface area contributed by atoms with Gasteiger partial charge in [0.15, 0.2) is 0 Å². The standard InChI is InChI=1S/C16H21N3O/c1-4-18-15(12-5-7-13(20-3)8-6-12)14-9-11(2)10-19-16(14)17/h5-10,15,18H,4H2,1-3H3,(H2,17,19). The van der Waals surface area contributed by atoms with Gasteiger partial charge in [-0.05, 0) is 42.8 Å². The molecule has 2 rings (SSSR count). The van der Waals surface area contributed by atoms with Crippen LogP contribution in [0, 0.1) is 6.92 Å². The van der Waals surface area contributed by atoms with Crippen LogP contribution in [0.1, 0.15) is 29.7 Å². The van der Waals surface area contributed by atoms with E-state index < -0.39 is 0 Å². The predicted molar refractivity (Wildman–Crippen MR) is 81.9 cm³/mol. The number of nitrogen functional groups attached to an aromatic ring is 1. The highest BCUT2D eigenvalue weighted by atomic mass is 16.5. The Balaban J connectivity index is 2.41. The molecule has 0 fully saturated rings. The molecule has 0 aliphatic rings. The first-order valence-corrected chi connectivity index (χ1v) is 6.75. The van der Waals surface area contributed by atoms with Crippen LogP contribution < -0.4 is 15.8 Å². The second-order valence-corrected chi connectivity index (χ2v) is 4.75. The lowest BCUT2D eigenvalue weighted by Gasteiger charge is -2.20. The van der Waals surface area contributed by atoms with E-state index in [-0.39, 0.29) is 6.04 Å². The van der Waals surface area contributed by atoms with Crippen LogP contribution in [0.4, 0.5) is 5.82 Å². The molecule has 1 unspecified atom stereocenters. The van der Waals surface area contributed by atoms with Crippen LogP contribution >= 0.6 is 0 Å². The second-order valence-electron chi connectivity index (χ2n) is 4.75. The number of nitrogens with zero attached hydrogens (tertiary/aromatic N) is 1. The topological polar surface area (TPSA) is 60.2 Å². The highest BCUT2D eigenvalue weighted by Crippen LogP contribution is 2.27. The summed E-state index contributed by atoms with van der Waals surface area (Å²) in [5, 5.41) is 3.46. The number of pyridine rings is 1. The minimum absolute atomic E-state index is 0.0401. The number of methoxy groups -OCH3 is 1. The summed E-state index contributed by atoms with van der Waals surface area (Å²) in [4.78, 5) is 4.25. The highest BCUT2D eigenvalue weighted by Gasteiger charge is 2.16. The average Bonchev–Trinajstić information content (AvgIpc) is 2.48. The zero-order valence-electron chi connectivity index (χ0n) is 12.2. The van der Waals surface area contributed by atoms with Gasteiger partial charge in [0.2, 0.25) is 0 Å². The SMILES string of the molecule is CCNC(c1ccc(OC)cc1)c1cc(C)cnc1N. The Labute approximate surface area is 120 Å². The van der Waals surface area contributed by atoms with Crippen LogP contribution in [0.5, 0.6) is 5.75 Å². The molecular formula is C16H21N3O. The van der Waals surface area contributed by atoms with Crippen molar-refractivity contribution in [2.75, 3.05) is 19.4 Å². The predicted octanol–water partition coefficient (Wildman–Crippen LogP) is 2.68. The van der Waals surface area contributed by atoms with Crippen LogP contribution in [0.3, 0.4) is 0 Å². The number of aromatic nitrogens is 1. The third-order valence-corrected chi connectivity index (χ3v) is 3.25. The monoisotopic (exact) mass is 271 g/mol. The van der Waals surface area contributed by atoms with E-state index in [1.54, 1.807) is 13.3 Å². The average molecular weight is 271 g/mol. The van der Waals surface area contributed by atoms with Gasteiger partial charge in [-0.2, -0.15) is 0 Å². The van der Waals surface area contributed by atoms with E-state index in [4.69, 9.17) is 10.5 Å². The fourth-order valence-electron chi connectivity index (χ4n) is 2.24. The van der Waals surface area contributed by atoms with Crippen molar-refractivity contribution < 1.29 is 4.74 Å². The van der Waals surface area contributed by atoms with Crippen molar-refractivity contribution in [2.24, 2.45) is 0 Å². The van der Waals surface area contributed by atoms with Crippen LogP contribution in [0.15, 0.2) is 36.5 Å². The van der Waals surface area contributed by atoms with Gasteiger partial charge in [-0.15, -0.1) is 0 Å². The van der Waals surface area contributed by atoms with E-state index in [1.165, 1.54) is 0 Å². The van der Waals surface area contributed by atoms with Crippen LogP contribution in [0.2, 0.25) is 0 Å². The molecule has 106 valence electrons. The number of anilines is 1. The highest BCUT2D eigenvalue weighted by molar-refractivity contribution is 5.47. The lowest BCUT2D eigenvalue weighted by Crippen LogP contribution is -2.23. The fraction of sp³-hybridized carbons (Fsp3) is 0.312. The van der Waals surface area contributed by atoms with E-state index in [9.17, 15) is 0 Å². The Bertz CT molecular complexity index is 566. The second kappa shape index (κ2) is 6.39. The molecule has 4 heteroatoms. The summed E-state index contributed by atoms with van der Waals surface area (Å²) in [7, 11) is 1.67. The number of hydrogen-bond donors (Lipinski definition) is 2. The number of ether oxygens (including phenoxy) is 1. The van der Waals surface area contributed by atoms with Crippen molar-refractivity contribution in [3.63, 3.8) is 0 Å². The van der Waals surface area contributed by atoms with Crippen LogP contribution in [-0.2, 0) is 0 Å². The quantitative estimate of drug-likeness (QED) is 0.877. The van der Waals surface area contributed by atoms with E-state index in [0.29, 0.717) is 5.82 Å². The molecule has 0 saturated carbocycles. The maximum atomic E-state index is 6.04. The number of hydrogen-bond acceptors (Lipinski definition) is 4. The first-order valence-electron chi connectivity index (χ1n) is 6.75. The van der Waals surface area contributed by atoms with E-state index in [1.807, 2.05) is 31.2 Å². The summed E-state index contributed by atoms with van der Waals surface area (Å²) in [5.74, 6) is 1.41. The molecule has 2 aromatic rings. The van der Waals surface area contributed by atoms with Gasteiger partial charge < -0.3 is 15.8 Å². The number of benzene rings is 1. The molecule has 0 spiro atoms. The van der Waals surface area contributed by atoms with Crippen molar-refractivity contribution in [1.29, 1.82) is 0 Å². The first kappa shape index (κ1) is 14.3. The Morgan fingerprint density at radius 1 is 1.30 bits per heavy atom. The normalized spacial score (nSPS) is 12.2.